The van der Waals surface area contributed by atoms with Crippen molar-refractivity contribution in [1.29, 1.82) is 0 Å². The molecule has 0 amide bonds. The first-order chi connectivity index (χ1) is 11.2. The van der Waals surface area contributed by atoms with Gasteiger partial charge in [0.2, 0.25) is 0 Å². The van der Waals surface area contributed by atoms with Crippen LogP contribution in [0.5, 0.6) is 0 Å². The lowest BCUT2D eigenvalue weighted by atomic mass is 9.93. The van der Waals surface area contributed by atoms with Gasteiger partial charge in [0.1, 0.15) is 18.0 Å². The van der Waals surface area contributed by atoms with Crippen molar-refractivity contribution in [2.75, 3.05) is 32.0 Å². The van der Waals surface area contributed by atoms with E-state index in [2.05, 4.69) is 20.2 Å². The van der Waals surface area contributed by atoms with E-state index in [0.29, 0.717) is 55.3 Å². The number of nitrogens with one attached hydrogen (secondary N) is 1. The smallest absolute Gasteiger partial charge is 0.186 e. The summed E-state index contributed by atoms with van der Waals surface area (Å²) in [5, 5.41) is 7.74. The van der Waals surface area contributed by atoms with Crippen molar-refractivity contribution >= 4 is 16.9 Å². The first-order valence-electron chi connectivity index (χ1n) is 7.59. The molecule has 1 aliphatic heterocycles. The summed E-state index contributed by atoms with van der Waals surface area (Å²) < 4.78 is 19.9. The van der Waals surface area contributed by atoms with Gasteiger partial charge in [0, 0.05) is 19.0 Å². The molecule has 8 heteroatoms. The van der Waals surface area contributed by atoms with Gasteiger partial charge in [-0.1, -0.05) is 6.08 Å². The molecule has 4 rings (SSSR count). The number of allylic oxidation sites excluding steroid dienone is 3. The Hall–Kier alpha value is -2.48. The number of anilines is 1. The Morgan fingerprint density at radius 1 is 1.30 bits per heavy atom. The van der Waals surface area contributed by atoms with Crippen LogP contribution in [0.15, 0.2) is 30.0 Å². The number of aromatic nitrogens is 4. The molecular weight excluding hydrogens is 299 g/mol. The maximum absolute atomic E-state index is 14.6. The fourth-order valence-electron chi connectivity index (χ4n) is 3.12. The molecule has 0 radical (unpaired) electrons. The van der Waals surface area contributed by atoms with E-state index in [1.54, 1.807) is 6.08 Å². The number of H-pyrrole nitrogens is 1. The highest BCUT2D eigenvalue weighted by atomic mass is 19.1. The van der Waals surface area contributed by atoms with Crippen molar-refractivity contribution in [1.82, 2.24) is 25.1 Å². The molecule has 0 bridgehead atoms. The van der Waals surface area contributed by atoms with Crippen LogP contribution in [0.4, 0.5) is 10.2 Å². The van der Waals surface area contributed by atoms with Gasteiger partial charge in [-0.2, -0.15) is 5.10 Å². The molecule has 0 aromatic carbocycles. The van der Waals surface area contributed by atoms with Gasteiger partial charge in [-0.25, -0.2) is 14.4 Å². The van der Waals surface area contributed by atoms with E-state index >= 15 is 0 Å². The quantitative estimate of drug-likeness (QED) is 0.872. The predicted molar refractivity (Wildman–Crippen MR) is 83.1 cm³/mol. The van der Waals surface area contributed by atoms with Crippen LogP contribution >= 0.6 is 0 Å². The van der Waals surface area contributed by atoms with Gasteiger partial charge in [0.15, 0.2) is 5.65 Å². The summed E-state index contributed by atoms with van der Waals surface area (Å²) in [6.07, 6.45) is 5.59. The molecule has 2 aliphatic rings. The van der Waals surface area contributed by atoms with Crippen LogP contribution in [-0.4, -0.2) is 51.4 Å². The first kappa shape index (κ1) is 14.1. The second-order valence-electron chi connectivity index (χ2n) is 5.64. The summed E-state index contributed by atoms with van der Waals surface area (Å²) in [5.41, 5.74) is 7.83. The lowest BCUT2D eigenvalue weighted by molar-refractivity contribution is 0.0531. The molecule has 1 fully saturated rings. The first-order valence-corrected chi connectivity index (χ1v) is 7.59. The van der Waals surface area contributed by atoms with Crippen molar-refractivity contribution < 1.29 is 9.13 Å². The lowest BCUT2D eigenvalue weighted by Gasteiger charge is -2.32. The van der Waals surface area contributed by atoms with Crippen molar-refractivity contribution in [3.05, 3.63) is 35.7 Å². The molecule has 0 saturated carbocycles. The highest BCUT2D eigenvalue weighted by molar-refractivity contribution is 5.88. The lowest BCUT2D eigenvalue weighted by Crippen LogP contribution is -2.36. The summed E-state index contributed by atoms with van der Waals surface area (Å²) in [4.78, 5) is 10.1. The minimum Gasteiger partial charge on any atom is -0.383 e. The standard InChI is InChI=1S/C15H17FN6O/c16-10-7-9(1-2-11(10)22-3-5-23-6-4-22)13-12-14(17)18-8-19-15(12)21-20-13/h2,7-9H,1,3-6H2,(H3,17,18,19,20,21). The molecule has 2 aromatic rings. The number of fused-ring (bicyclic) bond motifs is 1. The second-order valence-corrected chi connectivity index (χ2v) is 5.64. The number of morpholine rings is 1. The van der Waals surface area contributed by atoms with E-state index in [1.165, 1.54) is 6.33 Å². The topological polar surface area (TPSA) is 92.9 Å². The zero-order valence-electron chi connectivity index (χ0n) is 12.5. The molecule has 23 heavy (non-hydrogen) atoms. The largest absolute Gasteiger partial charge is 0.383 e. The minimum atomic E-state index is -0.221. The number of ether oxygens (including phenoxy) is 1. The van der Waals surface area contributed by atoms with Crippen LogP contribution in [0.2, 0.25) is 0 Å². The summed E-state index contributed by atoms with van der Waals surface area (Å²) >= 11 is 0. The average molecular weight is 316 g/mol. The summed E-state index contributed by atoms with van der Waals surface area (Å²) in [5.74, 6) is -0.0186. The molecule has 7 nitrogen and oxygen atoms in total. The predicted octanol–water partition coefficient (Wildman–Crippen LogP) is 1.49. The van der Waals surface area contributed by atoms with Crippen molar-refractivity contribution in [3.63, 3.8) is 0 Å². The van der Waals surface area contributed by atoms with Gasteiger partial charge in [-0.15, -0.1) is 0 Å². The molecule has 1 atom stereocenters. The number of halogens is 1. The minimum absolute atomic E-state index is 0.155. The average Bonchev–Trinajstić information content (AvgIpc) is 3.01. The van der Waals surface area contributed by atoms with E-state index in [-0.39, 0.29) is 11.7 Å². The summed E-state index contributed by atoms with van der Waals surface area (Å²) in [6.45, 7) is 2.69. The van der Waals surface area contributed by atoms with Crippen molar-refractivity contribution in [2.45, 2.75) is 12.3 Å². The number of nitrogen functional groups attached to an aromatic ring is 1. The molecule has 3 N–H and O–H groups in total. The zero-order chi connectivity index (χ0) is 15.8. The third-order valence-electron chi connectivity index (χ3n) is 4.29. The van der Waals surface area contributed by atoms with E-state index < -0.39 is 0 Å². The molecule has 1 unspecified atom stereocenters. The molecular formula is C15H17FN6O. The van der Waals surface area contributed by atoms with Crippen molar-refractivity contribution in [3.8, 4) is 0 Å². The number of hydrogen-bond donors (Lipinski definition) is 2. The molecule has 2 aromatic heterocycles. The number of nitrogens with two attached hydrogens (primary N) is 1. The Kier molecular flexibility index (Phi) is 3.45. The van der Waals surface area contributed by atoms with Gasteiger partial charge < -0.3 is 15.4 Å². The van der Waals surface area contributed by atoms with E-state index in [0.717, 1.165) is 5.69 Å². The normalized spacial score (nSPS) is 22.1. The number of rotatable bonds is 2. The Balaban J connectivity index is 1.64. The number of aromatic amines is 1. The van der Waals surface area contributed by atoms with Crippen LogP contribution in [0.1, 0.15) is 18.0 Å². The van der Waals surface area contributed by atoms with Crippen LogP contribution < -0.4 is 5.73 Å². The monoisotopic (exact) mass is 316 g/mol. The molecule has 1 saturated heterocycles. The fraction of sp³-hybridized carbons (Fsp3) is 0.400. The van der Waals surface area contributed by atoms with Crippen LogP contribution in [0.3, 0.4) is 0 Å². The Bertz CT molecular complexity index is 792. The Morgan fingerprint density at radius 3 is 2.91 bits per heavy atom. The van der Waals surface area contributed by atoms with Crippen LogP contribution in [0, 0.1) is 0 Å². The van der Waals surface area contributed by atoms with E-state index in [4.69, 9.17) is 10.5 Å². The van der Waals surface area contributed by atoms with Crippen molar-refractivity contribution in [2.24, 2.45) is 0 Å². The van der Waals surface area contributed by atoms with Crippen LogP contribution in [-0.2, 0) is 4.74 Å². The van der Waals surface area contributed by atoms with Gasteiger partial charge in [-0.3, -0.25) is 5.10 Å². The maximum Gasteiger partial charge on any atom is 0.186 e. The highest BCUT2D eigenvalue weighted by Gasteiger charge is 2.25. The SMILES string of the molecule is Nc1ncnc2n[nH]c(C3C=C(F)C(N4CCOCC4)=CC3)c12. The molecule has 120 valence electrons. The highest BCUT2D eigenvalue weighted by Crippen LogP contribution is 2.35. The van der Waals surface area contributed by atoms with Gasteiger partial charge in [0.05, 0.1) is 30.0 Å². The zero-order valence-corrected chi connectivity index (χ0v) is 12.5. The Labute approximate surface area is 132 Å². The van der Waals surface area contributed by atoms with Crippen LogP contribution in [0.25, 0.3) is 11.0 Å². The molecule has 1 aliphatic carbocycles. The third-order valence-corrected chi connectivity index (χ3v) is 4.29. The van der Waals surface area contributed by atoms with E-state index in [9.17, 15) is 4.39 Å². The van der Waals surface area contributed by atoms with Gasteiger partial charge in [-0.05, 0) is 12.5 Å². The van der Waals surface area contributed by atoms with E-state index in [1.807, 2.05) is 11.0 Å². The molecule has 3 heterocycles. The van der Waals surface area contributed by atoms with Gasteiger partial charge in [0.25, 0.3) is 0 Å². The van der Waals surface area contributed by atoms with Gasteiger partial charge >= 0.3 is 0 Å². The maximum atomic E-state index is 14.6. The second kappa shape index (κ2) is 5.62. The fourth-order valence-corrected chi connectivity index (χ4v) is 3.12. The molecule has 0 spiro atoms. The Morgan fingerprint density at radius 2 is 2.13 bits per heavy atom. The number of nitrogens with zero attached hydrogens (tertiary/aromatic N) is 4. The summed E-state index contributed by atoms with van der Waals surface area (Å²) in [7, 11) is 0. The third kappa shape index (κ3) is 2.44. The number of hydrogen-bond acceptors (Lipinski definition) is 6. The summed E-state index contributed by atoms with van der Waals surface area (Å²) in [6, 6.07) is 0.